The van der Waals surface area contributed by atoms with Gasteiger partial charge in [-0.05, 0) is 26.3 Å². The van der Waals surface area contributed by atoms with Gasteiger partial charge in [-0.15, -0.1) is 11.3 Å². The Bertz CT molecular complexity index is 515. The lowest BCUT2D eigenvalue weighted by Gasteiger charge is -2.10. The van der Waals surface area contributed by atoms with Crippen LogP contribution in [0.4, 0.5) is 0 Å². The summed E-state index contributed by atoms with van der Waals surface area (Å²) in [7, 11) is 0. The Morgan fingerprint density at radius 2 is 2.22 bits per heavy atom. The van der Waals surface area contributed by atoms with Crippen LogP contribution in [0.3, 0.4) is 0 Å². The van der Waals surface area contributed by atoms with Gasteiger partial charge in [0.2, 0.25) is 0 Å². The maximum Gasteiger partial charge on any atom is 0.0898 e. The third-order valence-corrected chi connectivity index (χ3v) is 3.81. The largest absolute Gasteiger partial charge is 0.322 e. The van der Waals surface area contributed by atoms with Crippen LogP contribution in [0, 0.1) is 6.92 Å². The number of nitrogens with two attached hydrogens (primary N) is 1. The minimum atomic E-state index is -0.0401. The highest BCUT2D eigenvalue weighted by atomic mass is 32.1. The van der Waals surface area contributed by atoms with Gasteiger partial charge in [0.15, 0.2) is 0 Å². The molecule has 0 saturated carbocycles. The topological polar surface area (TPSA) is 56.7 Å². The standard InChI is InChI=1S/C13H20N4S/c1-4-10-6-11(17(5-2)16-10)7-12(14)13-8-18-9(3)15-13/h6,8,12H,4-5,7,14H2,1-3H3. The zero-order valence-corrected chi connectivity index (χ0v) is 12.0. The molecule has 18 heavy (non-hydrogen) atoms. The molecule has 1 unspecified atom stereocenters. The lowest BCUT2D eigenvalue weighted by atomic mass is 10.1. The zero-order chi connectivity index (χ0) is 13.1. The molecule has 2 heterocycles. The van der Waals surface area contributed by atoms with Crippen molar-refractivity contribution in [2.24, 2.45) is 5.73 Å². The molecule has 1 atom stereocenters. The highest BCUT2D eigenvalue weighted by Crippen LogP contribution is 2.19. The molecular weight excluding hydrogens is 244 g/mol. The molecule has 5 heteroatoms. The van der Waals surface area contributed by atoms with E-state index in [0.717, 1.165) is 35.8 Å². The number of aromatic nitrogens is 3. The van der Waals surface area contributed by atoms with E-state index in [2.05, 4.69) is 30.0 Å². The Labute approximate surface area is 112 Å². The van der Waals surface area contributed by atoms with Crippen molar-refractivity contribution >= 4 is 11.3 Å². The normalized spacial score (nSPS) is 12.9. The fraction of sp³-hybridized carbons (Fsp3) is 0.538. The first-order valence-electron chi connectivity index (χ1n) is 6.37. The van der Waals surface area contributed by atoms with Crippen molar-refractivity contribution in [3.63, 3.8) is 0 Å². The minimum absolute atomic E-state index is 0.0401. The van der Waals surface area contributed by atoms with Crippen LogP contribution in [-0.4, -0.2) is 14.8 Å². The molecule has 2 rings (SSSR count). The molecule has 0 spiro atoms. The molecule has 0 bridgehead atoms. The monoisotopic (exact) mass is 264 g/mol. The lowest BCUT2D eigenvalue weighted by molar-refractivity contribution is 0.581. The van der Waals surface area contributed by atoms with Crippen molar-refractivity contribution in [1.29, 1.82) is 0 Å². The molecule has 0 radical (unpaired) electrons. The van der Waals surface area contributed by atoms with Crippen molar-refractivity contribution in [2.75, 3.05) is 0 Å². The quantitative estimate of drug-likeness (QED) is 0.902. The highest BCUT2D eigenvalue weighted by molar-refractivity contribution is 7.09. The zero-order valence-electron chi connectivity index (χ0n) is 11.2. The van der Waals surface area contributed by atoms with Crippen LogP contribution in [0.25, 0.3) is 0 Å². The van der Waals surface area contributed by atoms with Crippen LogP contribution in [0.5, 0.6) is 0 Å². The Morgan fingerprint density at radius 3 is 2.78 bits per heavy atom. The van der Waals surface area contributed by atoms with Crippen molar-refractivity contribution in [2.45, 2.75) is 46.2 Å². The first-order valence-corrected chi connectivity index (χ1v) is 7.25. The van der Waals surface area contributed by atoms with Crippen molar-refractivity contribution in [3.05, 3.63) is 33.5 Å². The van der Waals surface area contributed by atoms with Gasteiger partial charge in [0.1, 0.15) is 0 Å². The average Bonchev–Trinajstić information content (AvgIpc) is 2.95. The molecule has 2 aromatic heterocycles. The van der Waals surface area contributed by atoms with E-state index >= 15 is 0 Å². The van der Waals surface area contributed by atoms with Gasteiger partial charge in [-0.3, -0.25) is 4.68 Å². The molecule has 2 N–H and O–H groups in total. The van der Waals surface area contributed by atoms with Crippen LogP contribution >= 0.6 is 11.3 Å². The molecule has 0 aliphatic heterocycles. The predicted molar refractivity (Wildman–Crippen MR) is 74.8 cm³/mol. The summed E-state index contributed by atoms with van der Waals surface area (Å²) in [4.78, 5) is 4.45. The van der Waals surface area contributed by atoms with Gasteiger partial charge >= 0.3 is 0 Å². The van der Waals surface area contributed by atoms with Gasteiger partial charge in [0.05, 0.1) is 22.4 Å². The van der Waals surface area contributed by atoms with Gasteiger partial charge in [0, 0.05) is 24.0 Å². The van der Waals surface area contributed by atoms with Gasteiger partial charge in [-0.25, -0.2) is 4.98 Å². The minimum Gasteiger partial charge on any atom is -0.322 e. The molecule has 0 saturated heterocycles. The molecule has 0 aromatic carbocycles. The number of aryl methyl sites for hydroxylation is 3. The average molecular weight is 264 g/mol. The van der Waals surface area contributed by atoms with Crippen LogP contribution in [0.1, 0.15) is 42.0 Å². The summed E-state index contributed by atoms with van der Waals surface area (Å²) in [5, 5.41) is 7.66. The van der Waals surface area contributed by atoms with Crippen LogP contribution in [-0.2, 0) is 19.4 Å². The van der Waals surface area contributed by atoms with E-state index in [1.807, 2.05) is 17.0 Å². The van der Waals surface area contributed by atoms with E-state index in [-0.39, 0.29) is 6.04 Å². The molecule has 0 fully saturated rings. The van der Waals surface area contributed by atoms with Crippen LogP contribution in [0.15, 0.2) is 11.4 Å². The second kappa shape index (κ2) is 5.63. The van der Waals surface area contributed by atoms with E-state index in [9.17, 15) is 0 Å². The lowest BCUT2D eigenvalue weighted by Crippen LogP contribution is -2.16. The fourth-order valence-electron chi connectivity index (χ4n) is 2.01. The maximum atomic E-state index is 6.22. The predicted octanol–water partition coefficient (Wildman–Crippen LogP) is 2.47. The summed E-state index contributed by atoms with van der Waals surface area (Å²) >= 11 is 1.65. The summed E-state index contributed by atoms with van der Waals surface area (Å²) < 4.78 is 2.04. The van der Waals surface area contributed by atoms with E-state index in [0.29, 0.717) is 0 Å². The molecular formula is C13H20N4S. The number of rotatable bonds is 5. The SMILES string of the molecule is CCc1cc(CC(N)c2csc(C)n2)n(CC)n1. The van der Waals surface area contributed by atoms with Crippen molar-refractivity contribution in [3.8, 4) is 0 Å². The van der Waals surface area contributed by atoms with Crippen LogP contribution in [0.2, 0.25) is 0 Å². The van der Waals surface area contributed by atoms with E-state index in [4.69, 9.17) is 5.73 Å². The van der Waals surface area contributed by atoms with Crippen LogP contribution < -0.4 is 5.73 Å². The Balaban J connectivity index is 2.15. The molecule has 98 valence electrons. The van der Waals surface area contributed by atoms with E-state index in [1.54, 1.807) is 11.3 Å². The molecule has 0 aliphatic carbocycles. The van der Waals surface area contributed by atoms with Gasteiger partial charge in [0.25, 0.3) is 0 Å². The Hall–Kier alpha value is -1.20. The Kier molecular flexibility index (Phi) is 4.14. The second-order valence-corrected chi connectivity index (χ2v) is 5.46. The van der Waals surface area contributed by atoms with Crippen molar-refractivity contribution in [1.82, 2.24) is 14.8 Å². The highest BCUT2D eigenvalue weighted by Gasteiger charge is 2.14. The first-order chi connectivity index (χ1) is 8.63. The Morgan fingerprint density at radius 1 is 1.44 bits per heavy atom. The molecule has 0 aliphatic rings. The summed E-state index contributed by atoms with van der Waals surface area (Å²) in [6.45, 7) is 7.12. The van der Waals surface area contributed by atoms with E-state index in [1.165, 1.54) is 5.69 Å². The number of hydrogen-bond acceptors (Lipinski definition) is 4. The van der Waals surface area contributed by atoms with E-state index < -0.39 is 0 Å². The first kappa shape index (κ1) is 13.2. The smallest absolute Gasteiger partial charge is 0.0898 e. The fourth-order valence-corrected chi connectivity index (χ4v) is 2.68. The summed E-state index contributed by atoms with van der Waals surface area (Å²) in [6.07, 6.45) is 1.76. The summed E-state index contributed by atoms with van der Waals surface area (Å²) in [5.74, 6) is 0. The molecule has 0 amide bonds. The second-order valence-electron chi connectivity index (χ2n) is 4.40. The third-order valence-electron chi connectivity index (χ3n) is 3.02. The number of hydrogen-bond donors (Lipinski definition) is 1. The maximum absolute atomic E-state index is 6.22. The third kappa shape index (κ3) is 2.79. The number of thiazole rings is 1. The molecule has 4 nitrogen and oxygen atoms in total. The summed E-state index contributed by atoms with van der Waals surface area (Å²) in [5.41, 5.74) is 9.54. The number of nitrogens with zero attached hydrogens (tertiary/aromatic N) is 3. The van der Waals surface area contributed by atoms with Crippen molar-refractivity contribution < 1.29 is 0 Å². The van der Waals surface area contributed by atoms with Gasteiger partial charge in [-0.1, -0.05) is 6.92 Å². The van der Waals surface area contributed by atoms with Gasteiger partial charge in [-0.2, -0.15) is 5.10 Å². The summed E-state index contributed by atoms with van der Waals surface area (Å²) in [6, 6.07) is 2.12. The molecule has 2 aromatic rings. The van der Waals surface area contributed by atoms with Gasteiger partial charge < -0.3 is 5.73 Å².